The minimum atomic E-state index is -0.559. The first kappa shape index (κ1) is 12.8. The van der Waals surface area contributed by atoms with Gasteiger partial charge in [-0.1, -0.05) is 0 Å². The summed E-state index contributed by atoms with van der Waals surface area (Å²) in [4.78, 5) is 19.5. The number of nitrogens with zero attached hydrogens (tertiary/aromatic N) is 4. The van der Waals surface area contributed by atoms with Gasteiger partial charge in [-0.15, -0.1) is 0 Å². The molecule has 0 atom stereocenters. The minimum Gasteiger partial charge on any atom is -0.481 e. The van der Waals surface area contributed by atoms with E-state index in [0.29, 0.717) is 17.4 Å². The van der Waals surface area contributed by atoms with Crippen molar-refractivity contribution < 1.29 is 14.3 Å². The second-order valence-corrected chi connectivity index (χ2v) is 3.41. The van der Waals surface area contributed by atoms with Gasteiger partial charge in [0.15, 0.2) is 5.82 Å². The van der Waals surface area contributed by atoms with Crippen LogP contribution in [-0.2, 0) is 4.74 Å². The molecule has 2 aromatic heterocycles. The topological polar surface area (TPSA) is 91.2 Å². The standard InChI is InChI=1S/C11H13N5O3/c1-3-19-11(17)14-8-4-5-9(18-2)15-10(8)16-7-12-6-13-16/h4-7H,3H2,1-2H3,(H,14,17). The number of hydrogen-bond acceptors (Lipinski definition) is 6. The summed E-state index contributed by atoms with van der Waals surface area (Å²) in [5, 5.41) is 6.55. The number of nitrogens with one attached hydrogen (secondary N) is 1. The zero-order chi connectivity index (χ0) is 13.7. The van der Waals surface area contributed by atoms with Gasteiger partial charge in [-0.3, -0.25) is 5.32 Å². The zero-order valence-corrected chi connectivity index (χ0v) is 10.5. The molecule has 8 nitrogen and oxygen atoms in total. The molecule has 0 aromatic carbocycles. The van der Waals surface area contributed by atoms with Crippen LogP contribution in [0.2, 0.25) is 0 Å². The monoisotopic (exact) mass is 263 g/mol. The highest BCUT2D eigenvalue weighted by atomic mass is 16.5. The van der Waals surface area contributed by atoms with Crippen LogP contribution >= 0.6 is 0 Å². The molecule has 0 aliphatic rings. The van der Waals surface area contributed by atoms with E-state index in [1.54, 1.807) is 19.1 Å². The summed E-state index contributed by atoms with van der Waals surface area (Å²) in [6.45, 7) is 2.01. The van der Waals surface area contributed by atoms with Crippen LogP contribution in [0.25, 0.3) is 5.82 Å². The molecule has 0 spiro atoms. The van der Waals surface area contributed by atoms with Crippen molar-refractivity contribution >= 4 is 11.8 Å². The average Bonchev–Trinajstić information content (AvgIpc) is 2.93. The van der Waals surface area contributed by atoms with Gasteiger partial charge < -0.3 is 9.47 Å². The molecule has 8 heteroatoms. The first-order chi connectivity index (χ1) is 9.24. The van der Waals surface area contributed by atoms with E-state index in [1.165, 1.54) is 24.4 Å². The molecule has 0 aliphatic carbocycles. The van der Waals surface area contributed by atoms with E-state index in [4.69, 9.17) is 9.47 Å². The number of aromatic nitrogens is 4. The van der Waals surface area contributed by atoms with Gasteiger partial charge in [0.25, 0.3) is 0 Å². The number of carbonyl (C=O) groups excluding carboxylic acids is 1. The molecule has 1 N–H and O–H groups in total. The molecule has 0 aliphatic heterocycles. The largest absolute Gasteiger partial charge is 0.481 e. The highest BCUT2D eigenvalue weighted by molar-refractivity contribution is 5.86. The molecule has 0 radical (unpaired) electrons. The van der Waals surface area contributed by atoms with E-state index < -0.39 is 6.09 Å². The van der Waals surface area contributed by atoms with Crippen LogP contribution in [0, 0.1) is 0 Å². The van der Waals surface area contributed by atoms with Gasteiger partial charge in [-0.2, -0.15) is 10.1 Å². The van der Waals surface area contributed by atoms with E-state index >= 15 is 0 Å². The lowest BCUT2D eigenvalue weighted by Crippen LogP contribution is -2.16. The Morgan fingerprint density at radius 2 is 2.32 bits per heavy atom. The fourth-order valence-electron chi connectivity index (χ4n) is 1.41. The maximum atomic E-state index is 11.5. The number of ether oxygens (including phenoxy) is 2. The van der Waals surface area contributed by atoms with Gasteiger partial charge in [0.05, 0.1) is 19.4 Å². The van der Waals surface area contributed by atoms with Gasteiger partial charge in [-0.05, 0) is 13.0 Å². The molecule has 2 aromatic rings. The van der Waals surface area contributed by atoms with E-state index in [9.17, 15) is 4.79 Å². The quantitative estimate of drug-likeness (QED) is 0.892. The summed E-state index contributed by atoms with van der Waals surface area (Å²) in [7, 11) is 1.51. The summed E-state index contributed by atoms with van der Waals surface area (Å²) in [5.74, 6) is 0.796. The molecule has 0 bridgehead atoms. The number of anilines is 1. The molecule has 0 saturated heterocycles. The van der Waals surface area contributed by atoms with Gasteiger partial charge in [0, 0.05) is 6.07 Å². The molecule has 2 rings (SSSR count). The molecular weight excluding hydrogens is 250 g/mol. The molecule has 0 unspecified atom stereocenters. The van der Waals surface area contributed by atoms with Gasteiger partial charge >= 0.3 is 6.09 Å². The maximum absolute atomic E-state index is 11.5. The smallest absolute Gasteiger partial charge is 0.411 e. The number of hydrogen-bond donors (Lipinski definition) is 1. The van der Waals surface area contributed by atoms with Gasteiger partial charge in [0.2, 0.25) is 5.88 Å². The van der Waals surface area contributed by atoms with Gasteiger partial charge in [0.1, 0.15) is 12.7 Å². The van der Waals surface area contributed by atoms with Crippen molar-refractivity contribution in [3.8, 4) is 11.7 Å². The molecule has 2 heterocycles. The Labute approximate surface area is 109 Å². The fraction of sp³-hybridized carbons (Fsp3) is 0.273. The number of amides is 1. The van der Waals surface area contributed by atoms with E-state index in [0.717, 1.165) is 0 Å². The summed E-state index contributed by atoms with van der Waals surface area (Å²) in [6.07, 6.45) is 2.28. The second kappa shape index (κ2) is 5.80. The maximum Gasteiger partial charge on any atom is 0.411 e. The lowest BCUT2D eigenvalue weighted by molar-refractivity contribution is 0.168. The van der Waals surface area contributed by atoms with Crippen LogP contribution in [0.3, 0.4) is 0 Å². The van der Waals surface area contributed by atoms with Crippen molar-refractivity contribution in [1.82, 2.24) is 19.7 Å². The van der Waals surface area contributed by atoms with E-state index in [1.807, 2.05) is 0 Å². The Morgan fingerprint density at radius 3 is 2.95 bits per heavy atom. The molecule has 100 valence electrons. The SMILES string of the molecule is CCOC(=O)Nc1ccc(OC)nc1-n1cncn1. The normalized spacial score (nSPS) is 10.0. The molecule has 0 fully saturated rings. The summed E-state index contributed by atoms with van der Waals surface area (Å²) in [6, 6.07) is 3.28. The predicted molar refractivity (Wildman–Crippen MR) is 66.4 cm³/mol. The van der Waals surface area contributed by atoms with Crippen LogP contribution in [0.15, 0.2) is 24.8 Å². The number of methoxy groups -OCH3 is 1. The van der Waals surface area contributed by atoms with Crippen molar-refractivity contribution in [3.63, 3.8) is 0 Å². The third kappa shape index (κ3) is 2.97. The first-order valence-corrected chi connectivity index (χ1v) is 5.58. The van der Waals surface area contributed by atoms with Crippen molar-refractivity contribution in [2.24, 2.45) is 0 Å². The highest BCUT2D eigenvalue weighted by Crippen LogP contribution is 2.21. The Balaban J connectivity index is 2.34. The van der Waals surface area contributed by atoms with Crippen LogP contribution in [-0.4, -0.2) is 39.6 Å². The second-order valence-electron chi connectivity index (χ2n) is 3.41. The highest BCUT2D eigenvalue weighted by Gasteiger charge is 2.12. The zero-order valence-electron chi connectivity index (χ0n) is 10.5. The summed E-state index contributed by atoms with van der Waals surface area (Å²) >= 11 is 0. The lowest BCUT2D eigenvalue weighted by Gasteiger charge is -2.10. The van der Waals surface area contributed by atoms with E-state index in [2.05, 4.69) is 20.4 Å². The number of rotatable bonds is 4. The lowest BCUT2D eigenvalue weighted by atomic mass is 10.4. The van der Waals surface area contributed by atoms with Crippen molar-refractivity contribution in [3.05, 3.63) is 24.8 Å². The van der Waals surface area contributed by atoms with Crippen molar-refractivity contribution in [2.45, 2.75) is 6.92 Å². The Morgan fingerprint density at radius 1 is 1.47 bits per heavy atom. The summed E-state index contributed by atoms with van der Waals surface area (Å²) in [5.41, 5.74) is 0.449. The Hall–Kier alpha value is -2.64. The van der Waals surface area contributed by atoms with Gasteiger partial charge in [-0.25, -0.2) is 14.5 Å². The summed E-state index contributed by atoms with van der Waals surface area (Å²) < 4.78 is 11.3. The van der Waals surface area contributed by atoms with Crippen molar-refractivity contribution in [1.29, 1.82) is 0 Å². The van der Waals surface area contributed by atoms with Crippen LogP contribution in [0.4, 0.5) is 10.5 Å². The average molecular weight is 263 g/mol. The first-order valence-electron chi connectivity index (χ1n) is 5.58. The minimum absolute atomic E-state index is 0.286. The Kier molecular flexibility index (Phi) is 3.91. The molecule has 0 saturated carbocycles. The molecule has 1 amide bonds. The number of carbonyl (C=O) groups is 1. The predicted octanol–water partition coefficient (Wildman–Crippen LogP) is 1.24. The third-order valence-electron chi connectivity index (χ3n) is 2.21. The molecular formula is C11H13N5O3. The third-order valence-corrected chi connectivity index (χ3v) is 2.21. The van der Waals surface area contributed by atoms with Crippen LogP contribution < -0.4 is 10.1 Å². The Bertz CT molecular complexity index is 555. The molecule has 19 heavy (non-hydrogen) atoms. The van der Waals surface area contributed by atoms with Crippen LogP contribution in [0.5, 0.6) is 5.88 Å². The number of pyridine rings is 1. The fourth-order valence-corrected chi connectivity index (χ4v) is 1.41. The van der Waals surface area contributed by atoms with Crippen LogP contribution in [0.1, 0.15) is 6.92 Å². The van der Waals surface area contributed by atoms with E-state index in [-0.39, 0.29) is 6.61 Å². The van der Waals surface area contributed by atoms with Crippen molar-refractivity contribution in [2.75, 3.05) is 19.0 Å².